The van der Waals surface area contributed by atoms with Crippen molar-refractivity contribution in [1.29, 1.82) is 0 Å². The molecule has 0 unspecified atom stereocenters. The summed E-state index contributed by atoms with van der Waals surface area (Å²) in [6, 6.07) is 6.36. The van der Waals surface area contributed by atoms with E-state index in [1.165, 1.54) is 16.7 Å². The van der Waals surface area contributed by atoms with E-state index in [2.05, 4.69) is 23.2 Å². The maximum Gasteiger partial charge on any atom is 0.235 e. The van der Waals surface area contributed by atoms with Gasteiger partial charge in [-0.25, -0.2) is 4.79 Å². The molecular weight excluding hydrogens is 226 g/mol. The van der Waals surface area contributed by atoms with Crippen molar-refractivity contribution in [3.8, 4) is 0 Å². The van der Waals surface area contributed by atoms with Gasteiger partial charge in [-0.05, 0) is 36.0 Å². The molecule has 1 fully saturated rings. The third-order valence-electron chi connectivity index (χ3n) is 4.23. The second-order valence-corrected chi connectivity index (χ2v) is 5.19. The molecule has 1 aliphatic heterocycles. The highest BCUT2D eigenvalue weighted by molar-refractivity contribution is 5.45. The Labute approximate surface area is 107 Å². The van der Waals surface area contributed by atoms with Gasteiger partial charge in [0, 0.05) is 0 Å². The van der Waals surface area contributed by atoms with Crippen LogP contribution >= 0.6 is 0 Å². The van der Waals surface area contributed by atoms with Crippen LogP contribution in [-0.4, -0.2) is 12.7 Å². The Bertz CT molecular complexity index is 497. The van der Waals surface area contributed by atoms with Gasteiger partial charge in [-0.2, -0.15) is 4.99 Å². The monoisotopic (exact) mass is 243 g/mol. The van der Waals surface area contributed by atoms with E-state index in [1.54, 1.807) is 6.08 Å². The highest BCUT2D eigenvalue weighted by Crippen LogP contribution is 2.44. The first-order valence-corrected chi connectivity index (χ1v) is 6.64. The van der Waals surface area contributed by atoms with Gasteiger partial charge in [-0.1, -0.05) is 31.0 Å². The third kappa shape index (κ3) is 1.80. The highest BCUT2D eigenvalue weighted by atomic mass is 16.5. The molecule has 0 saturated heterocycles. The van der Waals surface area contributed by atoms with Gasteiger partial charge in [0.05, 0.1) is 18.8 Å². The molecule has 1 heterocycles. The number of isocyanates is 1. The van der Waals surface area contributed by atoms with Crippen molar-refractivity contribution in [2.75, 3.05) is 6.61 Å². The second kappa shape index (κ2) is 4.68. The first-order valence-electron chi connectivity index (χ1n) is 6.64. The predicted molar refractivity (Wildman–Crippen MR) is 68.1 cm³/mol. The summed E-state index contributed by atoms with van der Waals surface area (Å²) in [5, 5.41) is 0. The molecule has 3 nitrogen and oxygen atoms in total. The summed E-state index contributed by atoms with van der Waals surface area (Å²) < 4.78 is 5.58. The van der Waals surface area contributed by atoms with E-state index in [9.17, 15) is 4.79 Å². The Balaban J connectivity index is 2.12. The number of benzene rings is 1. The van der Waals surface area contributed by atoms with Gasteiger partial charge in [-0.3, -0.25) is 0 Å². The van der Waals surface area contributed by atoms with Gasteiger partial charge in [0.15, 0.2) is 0 Å². The molecule has 0 atom stereocenters. The van der Waals surface area contributed by atoms with Crippen LogP contribution in [0.5, 0.6) is 0 Å². The van der Waals surface area contributed by atoms with Gasteiger partial charge < -0.3 is 4.74 Å². The zero-order valence-corrected chi connectivity index (χ0v) is 10.4. The van der Waals surface area contributed by atoms with Crippen LogP contribution < -0.4 is 0 Å². The van der Waals surface area contributed by atoms with E-state index in [4.69, 9.17) is 4.74 Å². The molecule has 0 bridgehead atoms. The Morgan fingerprint density at radius 3 is 2.89 bits per heavy atom. The number of hydrogen-bond donors (Lipinski definition) is 0. The molecule has 3 heteroatoms. The van der Waals surface area contributed by atoms with Crippen LogP contribution in [-0.2, 0) is 28.1 Å². The molecule has 2 aliphatic rings. The van der Waals surface area contributed by atoms with E-state index in [0.717, 1.165) is 38.7 Å². The lowest BCUT2D eigenvalue weighted by molar-refractivity contribution is 0.109. The molecule has 1 aliphatic carbocycles. The van der Waals surface area contributed by atoms with Crippen molar-refractivity contribution in [2.24, 2.45) is 4.99 Å². The number of fused-ring (bicyclic) bond motifs is 1. The minimum atomic E-state index is -0.326. The summed E-state index contributed by atoms with van der Waals surface area (Å²) in [6.45, 7) is 1.45. The fourth-order valence-corrected chi connectivity index (χ4v) is 3.32. The second-order valence-electron chi connectivity index (χ2n) is 5.19. The van der Waals surface area contributed by atoms with Crippen molar-refractivity contribution in [3.05, 3.63) is 34.9 Å². The van der Waals surface area contributed by atoms with E-state index < -0.39 is 0 Å². The number of carbonyl (C=O) groups excluding carboxylic acids is 1. The topological polar surface area (TPSA) is 38.7 Å². The van der Waals surface area contributed by atoms with E-state index >= 15 is 0 Å². The van der Waals surface area contributed by atoms with Crippen molar-refractivity contribution in [1.82, 2.24) is 0 Å². The van der Waals surface area contributed by atoms with Gasteiger partial charge in [-0.15, -0.1) is 0 Å². The molecule has 1 saturated carbocycles. The number of rotatable bonds is 2. The van der Waals surface area contributed by atoms with Crippen LogP contribution in [0.1, 0.15) is 42.4 Å². The Morgan fingerprint density at radius 2 is 2.11 bits per heavy atom. The quantitative estimate of drug-likeness (QED) is 0.591. The van der Waals surface area contributed by atoms with Gasteiger partial charge in [0.2, 0.25) is 6.08 Å². The first-order chi connectivity index (χ1) is 8.86. The molecule has 0 radical (unpaired) electrons. The van der Waals surface area contributed by atoms with E-state index in [1.807, 2.05) is 0 Å². The van der Waals surface area contributed by atoms with E-state index in [-0.39, 0.29) is 5.54 Å². The maximum atomic E-state index is 10.8. The van der Waals surface area contributed by atoms with Crippen LogP contribution in [0, 0.1) is 0 Å². The number of aliphatic imine (C=N–C) groups is 1. The van der Waals surface area contributed by atoms with Crippen molar-refractivity contribution >= 4 is 6.08 Å². The fraction of sp³-hybridized carbons (Fsp3) is 0.533. The largest absolute Gasteiger partial charge is 0.376 e. The van der Waals surface area contributed by atoms with Crippen LogP contribution in [0.15, 0.2) is 23.2 Å². The van der Waals surface area contributed by atoms with Crippen LogP contribution in [0.3, 0.4) is 0 Å². The average molecular weight is 243 g/mol. The lowest BCUT2D eigenvalue weighted by atomic mass is 9.83. The molecule has 3 rings (SSSR count). The normalized spacial score (nSPS) is 21.1. The molecule has 0 amide bonds. The molecule has 18 heavy (non-hydrogen) atoms. The summed E-state index contributed by atoms with van der Waals surface area (Å²) in [5.74, 6) is 0. The highest BCUT2D eigenvalue weighted by Gasteiger charge is 2.38. The van der Waals surface area contributed by atoms with Gasteiger partial charge >= 0.3 is 0 Å². The standard InChI is InChI=1S/C15H17NO2/c17-11-16-15(7-1-2-8-15)14-5-3-4-12-6-9-18-10-13(12)14/h3-5H,1-2,6-10H2. The van der Waals surface area contributed by atoms with Gasteiger partial charge in [0.25, 0.3) is 0 Å². The summed E-state index contributed by atoms with van der Waals surface area (Å²) >= 11 is 0. The fourth-order valence-electron chi connectivity index (χ4n) is 3.32. The number of ether oxygens (including phenoxy) is 1. The molecule has 94 valence electrons. The summed E-state index contributed by atoms with van der Waals surface area (Å²) in [5.41, 5.74) is 3.48. The SMILES string of the molecule is O=C=NC1(c2cccc3c2COCC3)CCCC1. The first kappa shape index (κ1) is 11.6. The summed E-state index contributed by atoms with van der Waals surface area (Å²) in [6.07, 6.45) is 6.94. The zero-order valence-electron chi connectivity index (χ0n) is 10.4. The van der Waals surface area contributed by atoms with E-state index in [0.29, 0.717) is 6.61 Å². The van der Waals surface area contributed by atoms with Crippen molar-refractivity contribution < 1.29 is 9.53 Å². The van der Waals surface area contributed by atoms with Crippen LogP contribution in [0.2, 0.25) is 0 Å². The minimum absolute atomic E-state index is 0.326. The zero-order chi connectivity index (χ0) is 12.4. The maximum absolute atomic E-state index is 10.8. The van der Waals surface area contributed by atoms with Gasteiger partial charge in [0.1, 0.15) is 0 Å². The lowest BCUT2D eigenvalue weighted by Gasteiger charge is -2.29. The summed E-state index contributed by atoms with van der Waals surface area (Å²) in [4.78, 5) is 15.0. The molecule has 1 aromatic carbocycles. The third-order valence-corrected chi connectivity index (χ3v) is 4.23. The average Bonchev–Trinajstić information content (AvgIpc) is 2.88. The van der Waals surface area contributed by atoms with Crippen LogP contribution in [0.25, 0.3) is 0 Å². The molecule has 0 spiro atoms. The smallest absolute Gasteiger partial charge is 0.235 e. The molecule has 1 aromatic rings. The van der Waals surface area contributed by atoms with Crippen LogP contribution in [0.4, 0.5) is 0 Å². The Hall–Kier alpha value is -1.44. The molecular formula is C15H17NO2. The predicted octanol–water partition coefficient (Wildman–Crippen LogP) is 2.86. The summed E-state index contributed by atoms with van der Waals surface area (Å²) in [7, 11) is 0. The number of hydrogen-bond acceptors (Lipinski definition) is 3. The number of nitrogens with zero attached hydrogens (tertiary/aromatic N) is 1. The Kier molecular flexibility index (Phi) is 3.02. The van der Waals surface area contributed by atoms with Crippen molar-refractivity contribution in [2.45, 2.75) is 44.2 Å². The minimum Gasteiger partial charge on any atom is -0.376 e. The Morgan fingerprint density at radius 1 is 1.28 bits per heavy atom. The lowest BCUT2D eigenvalue weighted by Crippen LogP contribution is -2.24. The van der Waals surface area contributed by atoms with Crippen molar-refractivity contribution in [3.63, 3.8) is 0 Å². The molecule has 0 aromatic heterocycles. The molecule has 0 N–H and O–H groups in total.